The summed E-state index contributed by atoms with van der Waals surface area (Å²) in [6.07, 6.45) is 0.810. The third kappa shape index (κ3) is 5.14. The molecular formula is C18H25ClF2N2O3. The number of ether oxygens (including phenoxy) is 1. The van der Waals surface area contributed by atoms with Crippen LogP contribution in [0.4, 0.5) is 8.78 Å². The van der Waals surface area contributed by atoms with E-state index in [1.807, 2.05) is 0 Å². The van der Waals surface area contributed by atoms with Crippen LogP contribution in [0.3, 0.4) is 0 Å². The van der Waals surface area contributed by atoms with Crippen molar-refractivity contribution in [3.63, 3.8) is 0 Å². The van der Waals surface area contributed by atoms with Gasteiger partial charge >= 0.3 is 5.97 Å². The predicted octanol–water partition coefficient (Wildman–Crippen LogP) is 3.20. The summed E-state index contributed by atoms with van der Waals surface area (Å²) < 4.78 is 32.5. The van der Waals surface area contributed by atoms with E-state index in [9.17, 15) is 18.7 Å². The molecule has 2 rings (SSSR count). The van der Waals surface area contributed by atoms with E-state index in [2.05, 4.69) is 0 Å². The van der Waals surface area contributed by atoms with Crippen molar-refractivity contribution in [3.8, 4) is 0 Å². The summed E-state index contributed by atoms with van der Waals surface area (Å²) in [7, 11) is 1.72. The fourth-order valence-corrected chi connectivity index (χ4v) is 3.17. The van der Waals surface area contributed by atoms with E-state index in [-0.39, 0.29) is 37.4 Å². The van der Waals surface area contributed by atoms with Gasteiger partial charge in [0.1, 0.15) is 0 Å². The summed E-state index contributed by atoms with van der Waals surface area (Å²) in [5.41, 5.74) is -1.80. The van der Waals surface area contributed by atoms with Crippen molar-refractivity contribution >= 4 is 24.7 Å². The van der Waals surface area contributed by atoms with E-state index in [1.165, 1.54) is 0 Å². The third-order valence-corrected chi connectivity index (χ3v) is 4.63. The Morgan fingerprint density at radius 1 is 1.46 bits per heavy atom. The van der Waals surface area contributed by atoms with Gasteiger partial charge in [-0.25, -0.2) is 13.6 Å². The van der Waals surface area contributed by atoms with Gasteiger partial charge in [0.15, 0.2) is 5.60 Å². The van der Waals surface area contributed by atoms with Gasteiger partial charge in [0.2, 0.25) is 5.92 Å². The minimum Gasteiger partial charge on any atom is -0.463 e. The van der Waals surface area contributed by atoms with E-state index in [0.29, 0.717) is 13.0 Å². The van der Waals surface area contributed by atoms with Gasteiger partial charge in [0.25, 0.3) is 0 Å². The van der Waals surface area contributed by atoms with Crippen LogP contribution in [-0.4, -0.2) is 48.4 Å². The highest BCUT2D eigenvalue weighted by Crippen LogP contribution is 2.47. The van der Waals surface area contributed by atoms with E-state index < -0.39 is 29.8 Å². The molecule has 2 atom stereocenters. The molecule has 1 fully saturated rings. The van der Waals surface area contributed by atoms with Gasteiger partial charge in [-0.15, -0.1) is 12.4 Å². The molecule has 146 valence electrons. The number of halogens is 3. The first-order chi connectivity index (χ1) is 11.8. The number of nitrogens with one attached hydrogen (secondary N) is 1. The van der Waals surface area contributed by atoms with E-state index in [0.717, 1.165) is 6.34 Å². The Morgan fingerprint density at radius 2 is 2.12 bits per heavy atom. The molecule has 0 amide bonds. The number of aliphatic hydroxyl groups is 1. The largest absolute Gasteiger partial charge is 0.463 e. The summed E-state index contributed by atoms with van der Waals surface area (Å²) >= 11 is 0. The number of esters is 1. The monoisotopic (exact) mass is 390 g/mol. The average Bonchev–Trinajstić information content (AvgIpc) is 2.98. The lowest BCUT2D eigenvalue weighted by Gasteiger charge is -2.32. The van der Waals surface area contributed by atoms with Crippen molar-refractivity contribution < 1.29 is 23.4 Å². The topological polar surface area (TPSA) is 73.6 Å². The highest BCUT2D eigenvalue weighted by Gasteiger charge is 2.54. The molecule has 2 N–H and O–H groups in total. The average molecular weight is 391 g/mol. The molecule has 0 radical (unpaired) electrons. The molecule has 5 nitrogen and oxygen atoms in total. The van der Waals surface area contributed by atoms with E-state index in [1.54, 1.807) is 42.3 Å². The molecule has 0 bridgehead atoms. The first-order valence-electron chi connectivity index (χ1n) is 8.33. The van der Waals surface area contributed by atoms with Crippen LogP contribution in [0, 0.1) is 11.3 Å². The zero-order valence-electron chi connectivity index (χ0n) is 14.7. The highest BCUT2D eigenvalue weighted by molar-refractivity contribution is 5.85. The molecule has 1 aromatic rings. The molecule has 1 saturated carbocycles. The molecule has 0 aliphatic heterocycles. The van der Waals surface area contributed by atoms with Gasteiger partial charge in [0.05, 0.1) is 12.9 Å². The normalized spacial score (nSPS) is 20.5. The first-order valence-corrected chi connectivity index (χ1v) is 8.33. The van der Waals surface area contributed by atoms with Crippen LogP contribution in [0.2, 0.25) is 0 Å². The lowest BCUT2D eigenvalue weighted by Crippen LogP contribution is -2.44. The van der Waals surface area contributed by atoms with Gasteiger partial charge in [-0.3, -0.25) is 5.41 Å². The fraction of sp³-hybridized carbons (Fsp3) is 0.556. The summed E-state index contributed by atoms with van der Waals surface area (Å²) in [6, 6.07) is 8.15. The first kappa shape index (κ1) is 22.3. The van der Waals surface area contributed by atoms with Crippen LogP contribution < -0.4 is 0 Å². The van der Waals surface area contributed by atoms with E-state index >= 15 is 0 Å². The molecule has 0 aromatic heterocycles. The van der Waals surface area contributed by atoms with Gasteiger partial charge in [-0.05, 0) is 18.4 Å². The lowest BCUT2D eigenvalue weighted by atomic mass is 9.80. The molecule has 0 heterocycles. The highest BCUT2D eigenvalue weighted by atomic mass is 35.5. The SMILES string of the molecule is CN(C=N)CCCOC(=O)C(O)(c1ccccc1)C1CCC(F)(F)C1.Cl. The summed E-state index contributed by atoms with van der Waals surface area (Å²) in [5, 5.41) is 18.2. The Balaban J connectivity index is 0.00000338. The Bertz CT molecular complexity index is 603. The minimum atomic E-state index is -2.87. The number of alkyl halides is 2. The minimum absolute atomic E-state index is 0. The molecule has 8 heteroatoms. The van der Waals surface area contributed by atoms with Crippen LogP contribution in [-0.2, 0) is 15.1 Å². The third-order valence-electron chi connectivity index (χ3n) is 4.63. The van der Waals surface area contributed by atoms with Crippen molar-refractivity contribution in [2.24, 2.45) is 5.92 Å². The zero-order chi connectivity index (χ0) is 18.5. The molecule has 0 spiro atoms. The van der Waals surface area contributed by atoms with Crippen LogP contribution in [0.5, 0.6) is 0 Å². The van der Waals surface area contributed by atoms with Crippen molar-refractivity contribution in [2.45, 2.75) is 37.2 Å². The Kier molecular flexibility index (Phi) is 7.96. The maximum absolute atomic E-state index is 13.6. The van der Waals surface area contributed by atoms with Gasteiger partial charge in [0, 0.05) is 32.4 Å². The van der Waals surface area contributed by atoms with Crippen molar-refractivity contribution in [1.82, 2.24) is 4.90 Å². The smallest absolute Gasteiger partial charge is 0.343 e. The quantitative estimate of drug-likeness (QED) is 0.309. The number of carbonyl (C=O) groups excluding carboxylic acids is 1. The summed E-state index contributed by atoms with van der Waals surface area (Å²) in [5.74, 6) is -4.65. The second-order valence-corrected chi connectivity index (χ2v) is 6.53. The number of benzene rings is 1. The van der Waals surface area contributed by atoms with Crippen LogP contribution in [0.25, 0.3) is 0 Å². The second-order valence-electron chi connectivity index (χ2n) is 6.53. The molecular weight excluding hydrogens is 366 g/mol. The van der Waals surface area contributed by atoms with Crippen molar-refractivity contribution in [3.05, 3.63) is 35.9 Å². The number of nitrogens with zero attached hydrogens (tertiary/aromatic N) is 1. The number of rotatable bonds is 8. The van der Waals surface area contributed by atoms with E-state index in [4.69, 9.17) is 10.1 Å². The second kappa shape index (κ2) is 9.28. The predicted molar refractivity (Wildman–Crippen MR) is 96.9 cm³/mol. The summed E-state index contributed by atoms with van der Waals surface area (Å²) in [6.45, 7) is 0.567. The molecule has 1 aromatic carbocycles. The van der Waals surface area contributed by atoms with Crippen molar-refractivity contribution in [2.75, 3.05) is 20.2 Å². The number of carbonyl (C=O) groups is 1. The van der Waals surface area contributed by atoms with Gasteiger partial charge in [-0.1, -0.05) is 30.3 Å². The standard InChI is InChI=1S/C18H24F2N2O3.ClH/c1-22(13-21)10-5-11-25-16(23)18(24,14-6-3-2-4-7-14)15-8-9-17(19,20)12-15;/h2-4,6-7,13,15,21,24H,5,8-12H2,1H3;1H. The lowest BCUT2D eigenvalue weighted by molar-refractivity contribution is -0.175. The Morgan fingerprint density at radius 3 is 2.65 bits per heavy atom. The fourth-order valence-electron chi connectivity index (χ4n) is 3.17. The van der Waals surface area contributed by atoms with Crippen LogP contribution >= 0.6 is 12.4 Å². The van der Waals surface area contributed by atoms with Crippen LogP contribution in [0.1, 0.15) is 31.2 Å². The molecule has 1 aliphatic rings. The maximum atomic E-state index is 13.6. The molecule has 2 unspecified atom stereocenters. The van der Waals surface area contributed by atoms with Gasteiger partial charge < -0.3 is 14.7 Å². The Hall–Kier alpha value is -1.73. The Labute approximate surface area is 158 Å². The molecule has 0 saturated heterocycles. The van der Waals surface area contributed by atoms with Crippen LogP contribution in [0.15, 0.2) is 30.3 Å². The summed E-state index contributed by atoms with van der Waals surface area (Å²) in [4.78, 5) is 14.2. The number of hydrogen-bond acceptors (Lipinski definition) is 4. The molecule has 26 heavy (non-hydrogen) atoms. The van der Waals surface area contributed by atoms with Gasteiger partial charge in [-0.2, -0.15) is 0 Å². The number of hydrogen-bond donors (Lipinski definition) is 2. The maximum Gasteiger partial charge on any atom is 0.343 e. The molecule has 1 aliphatic carbocycles. The zero-order valence-corrected chi connectivity index (χ0v) is 15.5. The van der Waals surface area contributed by atoms with Crippen molar-refractivity contribution in [1.29, 1.82) is 5.41 Å².